The second-order valence-corrected chi connectivity index (χ2v) is 3.51. The minimum Gasteiger partial charge on any atom is -0.211 e. The summed E-state index contributed by atoms with van der Waals surface area (Å²) in [6.07, 6.45) is 12.2. The Morgan fingerprint density at radius 3 is 2.92 bits per heavy atom. The molecule has 0 heterocycles. The van der Waals surface area contributed by atoms with Crippen molar-refractivity contribution in [3.05, 3.63) is 24.4 Å². The van der Waals surface area contributed by atoms with Crippen molar-refractivity contribution in [1.82, 2.24) is 0 Å². The van der Waals surface area contributed by atoms with Crippen molar-refractivity contribution in [2.24, 2.45) is 22.7 Å². The van der Waals surface area contributed by atoms with E-state index in [1.165, 1.54) is 18.9 Å². The highest BCUT2D eigenvalue weighted by atomic mass is 16.1. The molecule has 2 nitrogen and oxygen atoms in total. The van der Waals surface area contributed by atoms with E-state index in [4.69, 9.17) is 0 Å². The van der Waals surface area contributed by atoms with E-state index in [1.54, 1.807) is 6.20 Å². The van der Waals surface area contributed by atoms with Crippen LogP contribution >= 0.6 is 0 Å². The summed E-state index contributed by atoms with van der Waals surface area (Å²) in [4.78, 5) is 13.2. The Labute approximate surface area is 71.7 Å². The fraction of sp³-hybridized carbons (Fsp3) is 0.500. The summed E-state index contributed by atoms with van der Waals surface area (Å²) in [6.45, 7) is 0. The van der Waals surface area contributed by atoms with Crippen molar-refractivity contribution in [2.45, 2.75) is 12.8 Å². The molecule has 0 saturated heterocycles. The van der Waals surface area contributed by atoms with Gasteiger partial charge in [0.05, 0.1) is 0 Å². The van der Waals surface area contributed by atoms with Crippen LogP contribution in [0, 0.1) is 17.8 Å². The van der Waals surface area contributed by atoms with Crippen molar-refractivity contribution in [1.29, 1.82) is 0 Å². The van der Waals surface area contributed by atoms with Crippen molar-refractivity contribution in [2.75, 3.05) is 0 Å². The molecule has 1 fully saturated rings. The van der Waals surface area contributed by atoms with Crippen molar-refractivity contribution < 1.29 is 4.79 Å². The Morgan fingerprint density at radius 1 is 1.42 bits per heavy atom. The van der Waals surface area contributed by atoms with Crippen molar-refractivity contribution >= 4 is 6.08 Å². The first-order valence-corrected chi connectivity index (χ1v) is 4.32. The molecule has 2 aliphatic carbocycles. The second kappa shape index (κ2) is 3.08. The molecule has 0 aromatic rings. The highest BCUT2D eigenvalue weighted by Gasteiger charge is 2.33. The number of isocyanates is 1. The number of hydrogen-bond donors (Lipinski definition) is 0. The van der Waals surface area contributed by atoms with Gasteiger partial charge in [-0.3, -0.25) is 0 Å². The molecule has 2 bridgehead atoms. The van der Waals surface area contributed by atoms with Crippen molar-refractivity contribution in [3.63, 3.8) is 0 Å². The number of nitrogens with zero attached hydrogens (tertiary/aromatic N) is 1. The molecule has 3 atom stereocenters. The molecule has 2 rings (SSSR count). The molecule has 0 N–H and O–H groups in total. The second-order valence-electron chi connectivity index (χ2n) is 3.51. The molecule has 0 radical (unpaired) electrons. The Bertz CT molecular complexity index is 274. The number of hydrogen-bond acceptors (Lipinski definition) is 2. The van der Waals surface area contributed by atoms with Gasteiger partial charge in [0.25, 0.3) is 0 Å². The molecular formula is C10H11NO. The van der Waals surface area contributed by atoms with Crippen LogP contribution in [-0.4, -0.2) is 6.08 Å². The quantitative estimate of drug-likeness (QED) is 0.346. The van der Waals surface area contributed by atoms with Gasteiger partial charge in [0.2, 0.25) is 6.08 Å². The van der Waals surface area contributed by atoms with Crippen LogP contribution in [0.4, 0.5) is 0 Å². The Morgan fingerprint density at radius 2 is 2.33 bits per heavy atom. The third kappa shape index (κ3) is 1.26. The van der Waals surface area contributed by atoms with Gasteiger partial charge < -0.3 is 0 Å². The van der Waals surface area contributed by atoms with E-state index in [0.29, 0.717) is 11.8 Å². The van der Waals surface area contributed by atoms with E-state index in [0.717, 1.165) is 5.92 Å². The van der Waals surface area contributed by atoms with Gasteiger partial charge in [-0.15, -0.1) is 0 Å². The molecule has 0 aliphatic heterocycles. The van der Waals surface area contributed by atoms with Gasteiger partial charge in [-0.25, -0.2) is 4.79 Å². The minimum absolute atomic E-state index is 0.608. The SMILES string of the molecule is O=C=N/C=C/C1CC2C=CC1C2. The minimum atomic E-state index is 0.608. The first-order chi connectivity index (χ1) is 5.90. The van der Waals surface area contributed by atoms with Crippen LogP contribution in [0.15, 0.2) is 29.4 Å². The molecule has 0 aromatic carbocycles. The lowest BCUT2D eigenvalue weighted by Gasteiger charge is -2.11. The van der Waals surface area contributed by atoms with Gasteiger partial charge in [0.15, 0.2) is 0 Å². The molecule has 0 aromatic heterocycles. The molecule has 0 amide bonds. The summed E-state index contributed by atoms with van der Waals surface area (Å²) in [5.41, 5.74) is 0. The zero-order chi connectivity index (χ0) is 8.39. The number of rotatable bonds is 2. The maximum Gasteiger partial charge on any atom is 0.239 e. The van der Waals surface area contributed by atoms with Crippen molar-refractivity contribution in [3.8, 4) is 0 Å². The number of carbonyl (C=O) groups excluding carboxylic acids is 1. The van der Waals surface area contributed by atoms with Crippen LogP contribution in [0.25, 0.3) is 0 Å². The molecule has 2 heteroatoms. The van der Waals surface area contributed by atoms with Gasteiger partial charge >= 0.3 is 0 Å². The monoisotopic (exact) mass is 161 g/mol. The standard InChI is InChI=1S/C10H11NO/c12-7-11-4-3-10-6-8-1-2-9(10)5-8/h1-4,8-10H,5-6H2/b4-3+. The van der Waals surface area contributed by atoms with E-state index in [1.807, 2.05) is 6.08 Å². The first kappa shape index (κ1) is 7.51. The smallest absolute Gasteiger partial charge is 0.211 e. The lowest BCUT2D eigenvalue weighted by molar-refractivity contribution is 0.548. The molecule has 12 heavy (non-hydrogen) atoms. The lowest BCUT2D eigenvalue weighted by atomic mass is 9.94. The van der Waals surface area contributed by atoms with E-state index in [-0.39, 0.29) is 0 Å². The van der Waals surface area contributed by atoms with Gasteiger partial charge in [-0.05, 0) is 30.6 Å². The zero-order valence-electron chi connectivity index (χ0n) is 6.81. The van der Waals surface area contributed by atoms with Crippen LogP contribution in [-0.2, 0) is 4.79 Å². The van der Waals surface area contributed by atoms with Crippen LogP contribution in [0.2, 0.25) is 0 Å². The molecular weight excluding hydrogens is 150 g/mol. The van der Waals surface area contributed by atoms with Crippen LogP contribution in [0.1, 0.15) is 12.8 Å². The number of aliphatic imine (C=N–C) groups is 1. The Balaban J connectivity index is 1.99. The average molecular weight is 161 g/mol. The maximum absolute atomic E-state index is 9.78. The molecule has 2 aliphatic rings. The molecule has 62 valence electrons. The van der Waals surface area contributed by atoms with Gasteiger partial charge in [-0.1, -0.05) is 18.2 Å². The normalized spacial score (nSPS) is 37.5. The fourth-order valence-electron chi connectivity index (χ4n) is 2.23. The summed E-state index contributed by atoms with van der Waals surface area (Å²) in [6, 6.07) is 0. The topological polar surface area (TPSA) is 29.4 Å². The van der Waals surface area contributed by atoms with Gasteiger partial charge in [0.1, 0.15) is 0 Å². The third-order valence-electron chi connectivity index (χ3n) is 2.79. The van der Waals surface area contributed by atoms with Crippen LogP contribution < -0.4 is 0 Å². The predicted molar refractivity (Wildman–Crippen MR) is 46.1 cm³/mol. The summed E-state index contributed by atoms with van der Waals surface area (Å²) in [5, 5.41) is 0. The highest BCUT2D eigenvalue weighted by molar-refractivity contribution is 5.34. The summed E-state index contributed by atoms with van der Waals surface area (Å²) in [7, 11) is 0. The van der Waals surface area contributed by atoms with Crippen LogP contribution in [0.5, 0.6) is 0 Å². The lowest BCUT2D eigenvalue weighted by Crippen LogP contribution is -2.02. The largest absolute Gasteiger partial charge is 0.239 e. The van der Waals surface area contributed by atoms with Gasteiger partial charge in [-0.2, -0.15) is 4.99 Å². The third-order valence-corrected chi connectivity index (χ3v) is 2.79. The summed E-state index contributed by atoms with van der Waals surface area (Å²) >= 11 is 0. The highest BCUT2D eigenvalue weighted by Crippen LogP contribution is 2.43. The summed E-state index contributed by atoms with van der Waals surface area (Å²) < 4.78 is 0. The Hall–Kier alpha value is -1.14. The predicted octanol–water partition coefficient (Wildman–Crippen LogP) is 2.05. The zero-order valence-corrected chi connectivity index (χ0v) is 6.81. The van der Waals surface area contributed by atoms with Gasteiger partial charge in [0, 0.05) is 6.20 Å². The van der Waals surface area contributed by atoms with Crippen LogP contribution in [0.3, 0.4) is 0 Å². The fourth-order valence-corrected chi connectivity index (χ4v) is 2.23. The van der Waals surface area contributed by atoms with E-state index >= 15 is 0 Å². The maximum atomic E-state index is 9.78. The summed E-state index contributed by atoms with van der Waals surface area (Å²) in [5.74, 6) is 2.09. The number of allylic oxidation sites excluding steroid dienone is 3. The Kier molecular flexibility index (Phi) is 1.92. The van der Waals surface area contributed by atoms with E-state index in [2.05, 4.69) is 17.1 Å². The van der Waals surface area contributed by atoms with E-state index < -0.39 is 0 Å². The molecule has 0 spiro atoms. The number of fused-ring (bicyclic) bond motifs is 2. The first-order valence-electron chi connectivity index (χ1n) is 4.32. The molecule has 3 unspecified atom stereocenters. The van der Waals surface area contributed by atoms with E-state index in [9.17, 15) is 4.79 Å². The average Bonchev–Trinajstić information content (AvgIpc) is 2.65. The molecule has 1 saturated carbocycles.